The van der Waals surface area contributed by atoms with Crippen molar-refractivity contribution in [3.8, 4) is 0 Å². The predicted octanol–water partition coefficient (Wildman–Crippen LogP) is 1.98. The van der Waals surface area contributed by atoms with Crippen LogP contribution in [0, 0.1) is 0 Å². The van der Waals surface area contributed by atoms with Gasteiger partial charge in [-0.1, -0.05) is 25.1 Å². The number of nitrogens with two attached hydrogens (primary N) is 1. The second-order valence-corrected chi connectivity index (χ2v) is 9.83. The van der Waals surface area contributed by atoms with Gasteiger partial charge in [0.15, 0.2) is 0 Å². The van der Waals surface area contributed by atoms with Gasteiger partial charge in [0, 0.05) is 62.9 Å². The van der Waals surface area contributed by atoms with Gasteiger partial charge < -0.3 is 19.6 Å². The summed E-state index contributed by atoms with van der Waals surface area (Å²) in [6.45, 7) is 2.86. The summed E-state index contributed by atoms with van der Waals surface area (Å²) < 4.78 is 34.5. The number of piperazine rings is 1. The second kappa shape index (κ2) is 8.87. The molecule has 33 heavy (non-hydrogen) atoms. The Kier molecular flexibility index (Phi) is 6.13. The first-order valence-electron chi connectivity index (χ1n) is 10.7. The van der Waals surface area contributed by atoms with Gasteiger partial charge in [-0.3, -0.25) is 9.59 Å². The zero-order chi connectivity index (χ0) is 23.8. The third-order valence-electron chi connectivity index (χ3n) is 5.84. The van der Waals surface area contributed by atoms with Crippen molar-refractivity contribution in [1.29, 1.82) is 0 Å². The van der Waals surface area contributed by atoms with Crippen molar-refractivity contribution in [3.63, 3.8) is 0 Å². The molecule has 1 fully saturated rings. The van der Waals surface area contributed by atoms with Crippen LogP contribution in [-0.4, -0.2) is 60.2 Å². The van der Waals surface area contributed by atoms with E-state index < -0.39 is 15.9 Å². The fourth-order valence-corrected chi connectivity index (χ4v) is 5.53. The number of fused-ring (bicyclic) bond motifs is 1. The molecule has 1 aliphatic rings. The first-order valence-corrected chi connectivity index (χ1v) is 12.1. The number of hydrogen-bond acceptors (Lipinski definition) is 5. The van der Waals surface area contributed by atoms with Crippen LogP contribution in [0.3, 0.4) is 0 Å². The molecule has 9 nitrogen and oxygen atoms in total. The zero-order valence-electron chi connectivity index (χ0n) is 18.5. The lowest BCUT2D eigenvalue weighted by Gasteiger charge is -2.33. The summed E-state index contributed by atoms with van der Waals surface area (Å²) in [6, 6.07) is 8.96. The number of carbonyl (C=O) groups excluding carboxylic acids is 2. The van der Waals surface area contributed by atoms with Crippen LogP contribution in [0.2, 0.25) is 0 Å². The lowest BCUT2D eigenvalue weighted by atomic mass is 10.1. The van der Waals surface area contributed by atoms with Gasteiger partial charge in [0.2, 0.25) is 15.9 Å². The topological polar surface area (TPSA) is 119 Å². The molecule has 0 saturated carbocycles. The van der Waals surface area contributed by atoms with Crippen LogP contribution in [0.4, 0.5) is 0 Å². The van der Waals surface area contributed by atoms with Crippen LogP contribution in [-0.2, 0) is 28.3 Å². The summed E-state index contributed by atoms with van der Waals surface area (Å²) in [5.74, 6) is -0.0674. The third-order valence-corrected chi connectivity index (χ3v) is 7.71. The molecule has 1 aliphatic heterocycles. The molecule has 0 atom stereocenters. The van der Waals surface area contributed by atoms with Crippen molar-refractivity contribution < 1.29 is 22.4 Å². The average Bonchev–Trinajstić information content (AvgIpc) is 3.38. The molecule has 2 N–H and O–H groups in total. The van der Waals surface area contributed by atoms with Gasteiger partial charge in [0.1, 0.15) is 21.9 Å². The fraction of sp³-hybridized carbons (Fsp3) is 0.304. The number of amides is 2. The molecule has 0 radical (unpaired) electrons. The summed E-state index contributed by atoms with van der Waals surface area (Å²) in [5, 5.41) is 0.951. The molecule has 3 heterocycles. The summed E-state index contributed by atoms with van der Waals surface area (Å²) >= 11 is 0. The quantitative estimate of drug-likeness (QED) is 0.553. The van der Waals surface area contributed by atoms with E-state index in [0.29, 0.717) is 6.42 Å². The number of nitrogens with zero attached hydrogens (tertiary/aromatic N) is 3. The predicted molar refractivity (Wildman–Crippen MR) is 124 cm³/mol. The number of hydrogen-bond donors (Lipinski definition) is 1. The number of primary amides is 1. The minimum absolute atomic E-state index is 0.0115. The summed E-state index contributed by atoms with van der Waals surface area (Å²) in [6.07, 6.45) is 5.36. The van der Waals surface area contributed by atoms with E-state index in [0.717, 1.165) is 22.3 Å². The molecule has 0 unspecified atom stereocenters. The Labute approximate surface area is 192 Å². The lowest BCUT2D eigenvalue weighted by Crippen LogP contribution is -2.50. The molecule has 0 bridgehead atoms. The Bertz CT molecular complexity index is 1340. The number of sulfonamides is 1. The van der Waals surface area contributed by atoms with Crippen molar-refractivity contribution in [2.75, 3.05) is 26.2 Å². The second-order valence-electron chi connectivity index (χ2n) is 7.89. The maximum absolute atomic E-state index is 13.0. The van der Waals surface area contributed by atoms with Gasteiger partial charge in [0.05, 0.1) is 0 Å². The number of para-hydroxylation sites is 1. The van der Waals surface area contributed by atoms with Crippen LogP contribution in [0.25, 0.3) is 17.0 Å². The summed E-state index contributed by atoms with van der Waals surface area (Å²) in [4.78, 5) is 25.8. The molecule has 10 heteroatoms. The summed E-state index contributed by atoms with van der Waals surface area (Å²) in [7, 11) is -2.23. The molecule has 4 rings (SSSR count). The van der Waals surface area contributed by atoms with Gasteiger partial charge in [0.25, 0.3) is 5.91 Å². The number of aromatic nitrogens is 1. The standard InChI is InChI=1S/C23H26N4O5S/c1-3-20-18(17-6-4-5-7-21(17)32-20)8-9-22(28)26-10-12-27(13-11-26)33(30,31)16-14-19(23(24)29)25(2)15-16/h4-9,14-15H,3,10-13H2,1-2H3,(H2,24,29)/b9-8-. The van der Waals surface area contributed by atoms with Crippen molar-refractivity contribution in [2.45, 2.75) is 18.2 Å². The Morgan fingerprint density at radius 3 is 2.48 bits per heavy atom. The van der Waals surface area contributed by atoms with Gasteiger partial charge in [-0.15, -0.1) is 0 Å². The fourth-order valence-electron chi connectivity index (χ4n) is 4.04. The van der Waals surface area contributed by atoms with E-state index in [-0.39, 0.29) is 42.7 Å². The largest absolute Gasteiger partial charge is 0.460 e. The number of rotatable bonds is 6. The minimum Gasteiger partial charge on any atom is -0.460 e. The zero-order valence-corrected chi connectivity index (χ0v) is 19.3. The highest BCUT2D eigenvalue weighted by Crippen LogP contribution is 2.27. The van der Waals surface area contributed by atoms with E-state index in [1.807, 2.05) is 31.2 Å². The first kappa shape index (κ1) is 22.8. The summed E-state index contributed by atoms with van der Waals surface area (Å²) in [5.41, 5.74) is 7.07. The van der Waals surface area contributed by atoms with E-state index in [9.17, 15) is 18.0 Å². The van der Waals surface area contributed by atoms with Crippen LogP contribution in [0.15, 0.2) is 51.9 Å². The van der Waals surface area contributed by atoms with E-state index in [2.05, 4.69) is 0 Å². The highest BCUT2D eigenvalue weighted by Gasteiger charge is 2.31. The van der Waals surface area contributed by atoms with Gasteiger partial charge >= 0.3 is 0 Å². The maximum atomic E-state index is 13.0. The maximum Gasteiger partial charge on any atom is 0.265 e. The Morgan fingerprint density at radius 1 is 1.15 bits per heavy atom. The monoisotopic (exact) mass is 470 g/mol. The average molecular weight is 471 g/mol. The molecule has 0 aliphatic carbocycles. The Balaban J connectivity index is 1.44. The highest BCUT2D eigenvalue weighted by atomic mass is 32.2. The van der Waals surface area contributed by atoms with Crippen molar-refractivity contribution in [1.82, 2.24) is 13.8 Å². The SMILES string of the molecule is CCc1oc2ccccc2c1/C=C\C(=O)N1CCN(S(=O)(=O)c2cc(C(N)=O)n(C)c2)CC1. The van der Waals surface area contributed by atoms with E-state index in [4.69, 9.17) is 10.2 Å². The molecule has 3 aromatic rings. The van der Waals surface area contributed by atoms with Gasteiger partial charge in [-0.25, -0.2) is 8.42 Å². The highest BCUT2D eigenvalue weighted by molar-refractivity contribution is 7.89. The van der Waals surface area contributed by atoms with Crippen molar-refractivity contribution >= 4 is 38.9 Å². The molecular formula is C23H26N4O5S. The number of furan rings is 1. The molecular weight excluding hydrogens is 444 g/mol. The van der Waals surface area contributed by atoms with Gasteiger partial charge in [-0.2, -0.15) is 4.31 Å². The first-order chi connectivity index (χ1) is 15.7. The molecule has 0 spiro atoms. The van der Waals surface area contributed by atoms with Crippen LogP contribution < -0.4 is 5.73 Å². The third kappa shape index (κ3) is 4.31. The van der Waals surface area contributed by atoms with Crippen molar-refractivity contribution in [2.24, 2.45) is 12.8 Å². The Hall–Kier alpha value is -3.37. The Morgan fingerprint density at radius 2 is 1.85 bits per heavy atom. The normalized spacial score (nSPS) is 15.5. The van der Waals surface area contributed by atoms with E-state index >= 15 is 0 Å². The van der Waals surface area contributed by atoms with Gasteiger partial charge in [-0.05, 0) is 18.2 Å². The van der Waals surface area contributed by atoms with Crippen molar-refractivity contribution in [3.05, 3.63) is 59.6 Å². The molecule has 174 valence electrons. The van der Waals surface area contributed by atoms with E-state index in [1.165, 1.54) is 27.2 Å². The van der Waals surface area contributed by atoms with Crippen LogP contribution >= 0.6 is 0 Å². The van der Waals surface area contributed by atoms with Crippen LogP contribution in [0.1, 0.15) is 28.7 Å². The molecule has 2 amide bonds. The lowest BCUT2D eigenvalue weighted by molar-refractivity contribution is -0.127. The van der Waals surface area contributed by atoms with Crippen LogP contribution in [0.5, 0.6) is 0 Å². The number of carbonyl (C=O) groups is 2. The molecule has 1 aromatic carbocycles. The van der Waals surface area contributed by atoms with E-state index in [1.54, 1.807) is 18.0 Å². The smallest absolute Gasteiger partial charge is 0.265 e. The molecule has 1 saturated heterocycles. The molecule has 2 aromatic heterocycles. The minimum atomic E-state index is -3.79. The number of benzene rings is 1. The number of aryl methyl sites for hydroxylation is 2.